The summed E-state index contributed by atoms with van der Waals surface area (Å²) in [5, 5.41) is 0. The van der Waals surface area contributed by atoms with Crippen LogP contribution in [0.1, 0.15) is 265 Å². The van der Waals surface area contributed by atoms with Crippen molar-refractivity contribution in [3.05, 3.63) is 241 Å². The van der Waals surface area contributed by atoms with Gasteiger partial charge >= 0.3 is 47.8 Å². The van der Waals surface area contributed by atoms with Crippen LogP contribution in [0.4, 0.5) is 0 Å². The quantitative estimate of drug-likeness (QED) is 0.0117. The second-order valence-electron chi connectivity index (χ2n) is 32.5. The molecule has 0 amide bonds. The molecule has 0 unspecified atom stereocenters. The molecule has 0 atom stereocenters. The Kier molecular flexibility index (Phi) is 47.2. The fourth-order valence-corrected chi connectivity index (χ4v) is 13.8. The molecule has 646 valence electrons. The Hall–Kier alpha value is -10.2. The predicted octanol–water partition coefficient (Wildman–Crippen LogP) is 25.0. The van der Waals surface area contributed by atoms with E-state index in [-0.39, 0.29) is 72.5 Å². The average molecular weight is 1630 g/mol. The number of hydrogen-bond acceptors (Lipinski definition) is 16. The molecule has 0 N–H and O–H groups in total. The number of esters is 8. The van der Waals surface area contributed by atoms with Crippen molar-refractivity contribution in [1.82, 2.24) is 0 Å². The van der Waals surface area contributed by atoms with Crippen LogP contribution in [0.25, 0.3) is 33.4 Å². The third kappa shape index (κ3) is 39.0. The maximum atomic E-state index is 12.0. The molecule has 0 aromatic heterocycles. The molecule has 0 saturated heterocycles. The normalized spacial score (nSPS) is 14.7. The van der Waals surface area contributed by atoms with Crippen LogP contribution < -0.4 is 0 Å². The highest BCUT2D eigenvalue weighted by molar-refractivity contribution is 5.91. The van der Waals surface area contributed by atoms with Crippen LogP contribution >= 0.6 is 0 Å². The summed E-state index contributed by atoms with van der Waals surface area (Å²) in [6, 6.07) is 42.1. The van der Waals surface area contributed by atoms with Gasteiger partial charge in [-0.15, -0.1) is 0 Å². The summed E-state index contributed by atoms with van der Waals surface area (Å²) in [5.74, 6) is -1.32. The lowest BCUT2D eigenvalue weighted by atomic mass is 9.75. The van der Waals surface area contributed by atoms with Crippen LogP contribution in [0.15, 0.2) is 219 Å². The molecule has 7 rings (SSSR count). The molecular weight excluding hydrogens is 1490 g/mol. The highest BCUT2D eigenvalue weighted by Crippen LogP contribution is 2.40. The Morgan fingerprint density at radius 1 is 0.328 bits per heavy atom. The second-order valence-corrected chi connectivity index (χ2v) is 32.5. The third-order valence-electron chi connectivity index (χ3n) is 21.3. The van der Waals surface area contributed by atoms with Crippen molar-refractivity contribution in [3.63, 3.8) is 0 Å². The molecule has 0 radical (unpaired) electrons. The molecule has 16 nitrogen and oxygen atoms in total. The zero-order valence-electron chi connectivity index (χ0n) is 73.9. The Labute approximate surface area is 712 Å². The molecule has 0 bridgehead atoms. The second kappa shape index (κ2) is 55.5. The molecule has 119 heavy (non-hydrogen) atoms. The van der Waals surface area contributed by atoms with Gasteiger partial charge < -0.3 is 37.9 Å². The lowest BCUT2D eigenvalue weighted by Gasteiger charge is -2.33. The van der Waals surface area contributed by atoms with E-state index >= 15 is 0 Å². The van der Waals surface area contributed by atoms with Crippen molar-refractivity contribution in [2.45, 2.75) is 262 Å². The van der Waals surface area contributed by atoms with Gasteiger partial charge in [0.05, 0.1) is 26.4 Å². The maximum absolute atomic E-state index is 12.0. The van der Waals surface area contributed by atoms with Gasteiger partial charge in [-0.1, -0.05) is 292 Å². The standard InChI is InChI=1S/C34H38O4.C30H36O4.C21H34O4.C18H30O4/c1-6-7-8-26-9-13-29(14-10-26)31-17-19-32(20-18-31)30-15-11-27(12-16-30)21-28(22-37-33(35)24(2)3)23-38-34(36)25(4)5;1-6-7-22-8-10-23(11-9-22)24-12-14-25(15-13-24)26-16-18-27(19-17-26)30(33-28(31)20(2)3)34-29(32)21(4)5;1-6-7-8-17-9-11-18(12-10-17)19(13-24-20(22)15(2)3)14-25-21(23)16(4)5;1-6-7-8-9-10-11-12-13-16(21-17(19)14(2)3)22-18(20)15(4)5/h9-20,28H,2,4,6-8,21-23H2,1,3,5H3;12-19,22-23,30H,2,4,6-11H2,1,3,5H3;17-19H,2,4,6-14H2,1,3,5H3;16H,2,4,6-13H2,1,3,5H3. The Bertz CT molecular complexity index is 3990. The van der Waals surface area contributed by atoms with E-state index < -0.39 is 48.4 Å². The molecule has 0 heterocycles. The van der Waals surface area contributed by atoms with Crippen molar-refractivity contribution in [2.24, 2.45) is 29.6 Å². The summed E-state index contributed by atoms with van der Waals surface area (Å²) in [6.45, 7) is 51.1. The van der Waals surface area contributed by atoms with Gasteiger partial charge in [-0.2, -0.15) is 0 Å². The molecule has 5 aromatic rings. The van der Waals surface area contributed by atoms with E-state index in [0.29, 0.717) is 52.5 Å². The van der Waals surface area contributed by atoms with Crippen molar-refractivity contribution < 1.29 is 76.3 Å². The maximum Gasteiger partial charge on any atom is 0.336 e. The van der Waals surface area contributed by atoms with Crippen molar-refractivity contribution in [3.8, 4) is 33.4 Å². The first-order valence-electron chi connectivity index (χ1n) is 43.0. The van der Waals surface area contributed by atoms with Gasteiger partial charge in [0, 0.05) is 68.4 Å². The summed E-state index contributed by atoms with van der Waals surface area (Å²) < 4.78 is 42.4. The molecule has 2 aliphatic carbocycles. The Balaban J connectivity index is 0.000000342. The van der Waals surface area contributed by atoms with Crippen LogP contribution in [0, 0.1) is 29.6 Å². The SMILES string of the molecule is C=C(C)C(=O)OC(CCCCCCCCC)OC(=O)C(=C)C.C=C(C)C(=O)OC(OC(=O)C(=C)C)c1ccc(-c2ccc(C3CCC(CCC)CC3)cc2)cc1.C=C(C)C(=O)OCC(COC(=O)C(=C)C)C1CCC(CCCC)CC1.C=C(C)C(=O)OCC(COC(=O)C(=C)C)Cc1ccc(-c2ccc(-c3ccc(CCCC)cc3)cc2)cc1. The van der Waals surface area contributed by atoms with E-state index in [1.165, 1.54) is 131 Å². The lowest BCUT2D eigenvalue weighted by Crippen LogP contribution is -2.30. The molecule has 16 heteroatoms. The molecule has 2 fully saturated rings. The fraction of sp³-hybridized carbons (Fsp3) is 0.476. The van der Waals surface area contributed by atoms with E-state index in [1.807, 2.05) is 12.1 Å². The number of rotatable bonds is 44. The summed E-state index contributed by atoms with van der Waals surface area (Å²) >= 11 is 0. The third-order valence-corrected chi connectivity index (χ3v) is 21.3. The topological polar surface area (TPSA) is 210 Å². The van der Waals surface area contributed by atoms with Gasteiger partial charge in [0.1, 0.15) is 0 Å². The van der Waals surface area contributed by atoms with E-state index in [0.717, 1.165) is 78.2 Å². The van der Waals surface area contributed by atoms with E-state index in [4.69, 9.17) is 37.9 Å². The first-order valence-corrected chi connectivity index (χ1v) is 43.0. The molecule has 0 spiro atoms. The van der Waals surface area contributed by atoms with Crippen molar-refractivity contribution >= 4 is 47.8 Å². The molecule has 0 aliphatic heterocycles. The minimum atomic E-state index is -1.16. The molecule has 2 aliphatic rings. The predicted molar refractivity (Wildman–Crippen MR) is 479 cm³/mol. The van der Waals surface area contributed by atoms with Gasteiger partial charge in [0.15, 0.2) is 0 Å². The van der Waals surface area contributed by atoms with Crippen LogP contribution in [0.3, 0.4) is 0 Å². The van der Waals surface area contributed by atoms with Gasteiger partial charge in [-0.3, -0.25) is 0 Å². The first-order chi connectivity index (χ1) is 56.8. The van der Waals surface area contributed by atoms with Gasteiger partial charge in [0.25, 0.3) is 6.29 Å². The highest BCUT2D eigenvalue weighted by atomic mass is 16.7. The highest BCUT2D eigenvalue weighted by Gasteiger charge is 2.31. The fourth-order valence-electron chi connectivity index (χ4n) is 13.8. The van der Waals surface area contributed by atoms with E-state index in [1.54, 1.807) is 67.5 Å². The Morgan fingerprint density at radius 2 is 0.655 bits per heavy atom. The number of aryl methyl sites for hydroxylation is 1. The number of carbonyl (C=O) groups excluding carboxylic acids is 8. The number of unbranched alkanes of at least 4 members (excludes halogenated alkanes) is 8. The minimum Gasteiger partial charge on any atom is -0.462 e. The van der Waals surface area contributed by atoms with E-state index in [2.05, 4.69) is 177 Å². The molecular formula is C103H138O16. The number of benzene rings is 5. The zero-order chi connectivity index (χ0) is 87.9. The largest absolute Gasteiger partial charge is 0.462 e. The van der Waals surface area contributed by atoms with Crippen LogP contribution in [0.5, 0.6) is 0 Å². The first kappa shape index (κ1) is 101. The van der Waals surface area contributed by atoms with Gasteiger partial charge in [0.2, 0.25) is 6.29 Å². The average Bonchev–Trinajstić information content (AvgIpc) is 0.824. The molecule has 5 aromatic carbocycles. The minimum absolute atomic E-state index is 0.0405. The summed E-state index contributed by atoms with van der Waals surface area (Å²) in [5.41, 5.74) is 13.8. The van der Waals surface area contributed by atoms with Crippen LogP contribution in [-0.2, 0) is 89.1 Å². The van der Waals surface area contributed by atoms with Crippen LogP contribution in [-0.4, -0.2) is 80.5 Å². The molecule has 2 saturated carbocycles. The van der Waals surface area contributed by atoms with Crippen molar-refractivity contribution in [2.75, 3.05) is 26.4 Å². The lowest BCUT2D eigenvalue weighted by molar-refractivity contribution is -0.185. The Morgan fingerprint density at radius 3 is 1.04 bits per heavy atom. The van der Waals surface area contributed by atoms with Crippen molar-refractivity contribution in [1.29, 1.82) is 0 Å². The number of ether oxygens (including phenoxy) is 8. The number of hydrogen-bond donors (Lipinski definition) is 0. The summed E-state index contributed by atoms with van der Waals surface area (Å²) in [6.07, 6.45) is 27.1. The van der Waals surface area contributed by atoms with Gasteiger partial charge in [-0.05, 0) is 193 Å². The van der Waals surface area contributed by atoms with Crippen LogP contribution in [0.2, 0.25) is 0 Å². The van der Waals surface area contributed by atoms with Gasteiger partial charge in [-0.25, -0.2) is 38.4 Å². The van der Waals surface area contributed by atoms with E-state index in [9.17, 15) is 38.4 Å². The number of carbonyl (C=O) groups is 8. The smallest absolute Gasteiger partial charge is 0.336 e. The summed E-state index contributed by atoms with van der Waals surface area (Å²) in [4.78, 5) is 94.4. The summed E-state index contributed by atoms with van der Waals surface area (Å²) in [7, 11) is 0. The zero-order valence-corrected chi connectivity index (χ0v) is 73.9. The monoisotopic (exact) mass is 1630 g/mol.